The number of thioether (sulfide) groups is 1. The Morgan fingerprint density at radius 1 is 1.44 bits per heavy atom. The SMILES string of the molecule is CC(NC1=NCC(C)(C)CS1)c1cccc(F)c1. The molecule has 1 aromatic rings. The number of halogens is 1. The predicted molar refractivity (Wildman–Crippen MR) is 76.5 cm³/mol. The molecule has 0 bridgehead atoms. The average Bonchev–Trinajstić information content (AvgIpc) is 2.32. The molecule has 0 spiro atoms. The van der Waals surface area contributed by atoms with Crippen LogP contribution >= 0.6 is 11.8 Å². The normalized spacial score (nSPS) is 20.1. The Bertz CT molecular complexity index is 457. The molecule has 0 radical (unpaired) electrons. The third-order valence-corrected chi connectivity index (χ3v) is 4.39. The van der Waals surface area contributed by atoms with Crippen LogP contribution in [0.5, 0.6) is 0 Å². The fraction of sp³-hybridized carbons (Fsp3) is 0.500. The van der Waals surface area contributed by atoms with E-state index in [4.69, 9.17) is 0 Å². The fourth-order valence-electron chi connectivity index (χ4n) is 1.77. The van der Waals surface area contributed by atoms with Crippen molar-refractivity contribution >= 4 is 16.9 Å². The van der Waals surface area contributed by atoms with Gasteiger partial charge >= 0.3 is 0 Å². The van der Waals surface area contributed by atoms with Gasteiger partial charge in [-0.3, -0.25) is 4.99 Å². The van der Waals surface area contributed by atoms with E-state index in [0.717, 1.165) is 23.0 Å². The van der Waals surface area contributed by atoms with Crippen LogP contribution in [0.3, 0.4) is 0 Å². The number of hydrogen-bond acceptors (Lipinski definition) is 3. The fourth-order valence-corrected chi connectivity index (χ4v) is 2.81. The van der Waals surface area contributed by atoms with E-state index in [0.29, 0.717) is 0 Å². The molecule has 1 aliphatic heterocycles. The summed E-state index contributed by atoms with van der Waals surface area (Å²) in [7, 11) is 0. The van der Waals surface area contributed by atoms with Crippen molar-refractivity contribution in [2.45, 2.75) is 26.8 Å². The van der Waals surface area contributed by atoms with Crippen LogP contribution in [-0.2, 0) is 0 Å². The molecular weight excluding hydrogens is 247 g/mol. The first-order chi connectivity index (χ1) is 8.46. The molecule has 1 atom stereocenters. The van der Waals surface area contributed by atoms with E-state index in [1.807, 2.05) is 13.0 Å². The van der Waals surface area contributed by atoms with Crippen molar-refractivity contribution in [2.24, 2.45) is 10.4 Å². The highest BCUT2D eigenvalue weighted by Crippen LogP contribution is 2.28. The van der Waals surface area contributed by atoms with Crippen molar-refractivity contribution in [1.82, 2.24) is 5.32 Å². The molecule has 2 nitrogen and oxygen atoms in total. The highest BCUT2D eigenvalue weighted by Gasteiger charge is 2.24. The van der Waals surface area contributed by atoms with Gasteiger partial charge in [-0.1, -0.05) is 37.7 Å². The van der Waals surface area contributed by atoms with Crippen LogP contribution < -0.4 is 5.32 Å². The lowest BCUT2D eigenvalue weighted by atomic mass is 9.97. The monoisotopic (exact) mass is 266 g/mol. The number of aliphatic imine (C=N–C) groups is 1. The van der Waals surface area contributed by atoms with Crippen LogP contribution in [0, 0.1) is 11.2 Å². The van der Waals surface area contributed by atoms with E-state index in [1.165, 1.54) is 6.07 Å². The van der Waals surface area contributed by atoms with Gasteiger partial charge in [0.2, 0.25) is 0 Å². The third kappa shape index (κ3) is 3.48. The van der Waals surface area contributed by atoms with E-state index < -0.39 is 0 Å². The minimum Gasteiger partial charge on any atom is -0.358 e. The highest BCUT2D eigenvalue weighted by molar-refractivity contribution is 8.13. The summed E-state index contributed by atoms with van der Waals surface area (Å²) in [4.78, 5) is 4.54. The number of rotatable bonds is 2. The summed E-state index contributed by atoms with van der Waals surface area (Å²) in [5.74, 6) is 0.870. The van der Waals surface area contributed by atoms with Crippen LogP contribution in [-0.4, -0.2) is 17.5 Å². The van der Waals surface area contributed by atoms with Gasteiger partial charge in [-0.05, 0) is 30.0 Å². The second-order valence-electron chi connectivity index (χ2n) is 5.50. The molecule has 18 heavy (non-hydrogen) atoms. The number of benzene rings is 1. The maximum atomic E-state index is 13.1. The third-order valence-electron chi connectivity index (χ3n) is 2.94. The summed E-state index contributed by atoms with van der Waals surface area (Å²) in [5.41, 5.74) is 1.22. The van der Waals surface area contributed by atoms with Crippen LogP contribution in [0.2, 0.25) is 0 Å². The van der Waals surface area contributed by atoms with Crippen LogP contribution in [0.25, 0.3) is 0 Å². The maximum Gasteiger partial charge on any atom is 0.157 e. The number of nitrogens with one attached hydrogen (secondary N) is 1. The lowest BCUT2D eigenvalue weighted by Gasteiger charge is -2.28. The Hall–Kier alpha value is -1.03. The largest absolute Gasteiger partial charge is 0.358 e. The Morgan fingerprint density at radius 2 is 2.22 bits per heavy atom. The van der Waals surface area contributed by atoms with Crippen molar-refractivity contribution in [3.63, 3.8) is 0 Å². The van der Waals surface area contributed by atoms with Crippen LogP contribution in [0.15, 0.2) is 29.3 Å². The van der Waals surface area contributed by atoms with E-state index >= 15 is 0 Å². The molecule has 1 heterocycles. The Balaban J connectivity index is 2.00. The molecule has 1 aromatic carbocycles. The lowest BCUT2D eigenvalue weighted by Crippen LogP contribution is -2.32. The van der Waals surface area contributed by atoms with Gasteiger partial charge in [-0.2, -0.15) is 0 Å². The first-order valence-corrected chi connectivity index (χ1v) is 7.14. The molecule has 0 amide bonds. The topological polar surface area (TPSA) is 24.4 Å². The molecule has 1 N–H and O–H groups in total. The minimum absolute atomic E-state index is 0.0770. The van der Waals surface area contributed by atoms with Gasteiger partial charge in [-0.25, -0.2) is 4.39 Å². The molecule has 98 valence electrons. The van der Waals surface area contributed by atoms with Crippen molar-refractivity contribution in [1.29, 1.82) is 0 Å². The van der Waals surface area contributed by atoms with E-state index in [2.05, 4.69) is 24.2 Å². The number of amidine groups is 1. The molecule has 0 saturated carbocycles. The second kappa shape index (κ2) is 5.31. The summed E-state index contributed by atoms with van der Waals surface area (Å²) in [6.07, 6.45) is 0. The van der Waals surface area contributed by atoms with Gasteiger partial charge in [0.25, 0.3) is 0 Å². The summed E-state index contributed by atoms with van der Waals surface area (Å²) in [5, 5.41) is 4.31. The van der Waals surface area contributed by atoms with Gasteiger partial charge in [0.1, 0.15) is 5.82 Å². The zero-order chi connectivity index (χ0) is 13.2. The van der Waals surface area contributed by atoms with Gasteiger partial charge in [-0.15, -0.1) is 0 Å². The summed E-state index contributed by atoms with van der Waals surface area (Å²) >= 11 is 1.74. The molecule has 1 unspecified atom stereocenters. The van der Waals surface area contributed by atoms with Crippen molar-refractivity contribution < 1.29 is 4.39 Å². The first kappa shape index (κ1) is 13.4. The van der Waals surface area contributed by atoms with Crippen LogP contribution in [0.4, 0.5) is 4.39 Å². The van der Waals surface area contributed by atoms with Crippen molar-refractivity contribution in [3.8, 4) is 0 Å². The predicted octanol–water partition coefficient (Wildman–Crippen LogP) is 3.61. The zero-order valence-corrected chi connectivity index (χ0v) is 11.9. The first-order valence-electron chi connectivity index (χ1n) is 6.15. The van der Waals surface area contributed by atoms with Gasteiger partial charge in [0, 0.05) is 12.3 Å². The van der Waals surface area contributed by atoms with E-state index in [1.54, 1.807) is 23.9 Å². The summed E-state index contributed by atoms with van der Waals surface area (Å²) in [6, 6.07) is 6.77. The highest BCUT2D eigenvalue weighted by atomic mass is 32.2. The number of nitrogens with zero attached hydrogens (tertiary/aromatic N) is 1. The van der Waals surface area contributed by atoms with E-state index in [9.17, 15) is 4.39 Å². The average molecular weight is 266 g/mol. The summed E-state index contributed by atoms with van der Waals surface area (Å²) < 4.78 is 13.1. The van der Waals surface area contributed by atoms with Crippen LogP contribution in [0.1, 0.15) is 32.4 Å². The molecule has 0 saturated heterocycles. The quantitative estimate of drug-likeness (QED) is 0.884. The molecule has 0 fully saturated rings. The lowest BCUT2D eigenvalue weighted by molar-refractivity contribution is 0.436. The zero-order valence-electron chi connectivity index (χ0n) is 11.0. The van der Waals surface area contributed by atoms with Crippen molar-refractivity contribution in [2.75, 3.05) is 12.3 Å². The smallest absolute Gasteiger partial charge is 0.157 e. The molecule has 2 rings (SSSR count). The molecule has 4 heteroatoms. The van der Waals surface area contributed by atoms with Gasteiger partial charge in [0.15, 0.2) is 5.17 Å². The molecular formula is C14H19FN2S. The minimum atomic E-state index is -0.194. The second-order valence-corrected chi connectivity index (χ2v) is 6.46. The molecule has 0 aliphatic carbocycles. The maximum absolute atomic E-state index is 13.1. The molecule has 1 aliphatic rings. The number of hydrogen-bond donors (Lipinski definition) is 1. The Kier molecular flexibility index (Phi) is 3.95. The summed E-state index contributed by atoms with van der Waals surface area (Å²) in [6.45, 7) is 7.31. The Labute approximate surface area is 112 Å². The Morgan fingerprint density at radius 3 is 2.83 bits per heavy atom. The standard InChI is InChI=1S/C14H19FN2S/c1-10(11-5-4-6-12(15)7-11)17-13-16-8-14(2,3)9-18-13/h4-7,10H,8-9H2,1-3H3,(H,16,17). The van der Waals surface area contributed by atoms with E-state index in [-0.39, 0.29) is 17.3 Å². The molecule has 0 aromatic heterocycles. The van der Waals surface area contributed by atoms with Gasteiger partial charge in [0.05, 0.1) is 6.04 Å². The van der Waals surface area contributed by atoms with Crippen molar-refractivity contribution in [3.05, 3.63) is 35.6 Å². The van der Waals surface area contributed by atoms with Gasteiger partial charge < -0.3 is 5.32 Å².